The Balaban J connectivity index is 1.60. The molecule has 148 valence electrons. The zero-order chi connectivity index (χ0) is 20.4. The summed E-state index contributed by atoms with van der Waals surface area (Å²) in [4.78, 5) is 19.6. The maximum Gasteiger partial charge on any atom is 0.272 e. The SMILES string of the molecule is CCN(Cc1ccc(C)cc1)Cc1cc(=O)n2[nH]c(-c3cccc(Cl)c3)cc2n1. The Labute approximate surface area is 174 Å². The number of H-pyrrole nitrogens is 1. The number of aryl methyl sites for hydroxylation is 1. The third-order valence-corrected chi connectivity index (χ3v) is 5.23. The van der Waals surface area contributed by atoms with Gasteiger partial charge in [0.15, 0.2) is 5.65 Å². The van der Waals surface area contributed by atoms with E-state index in [1.807, 2.05) is 30.3 Å². The molecular weight excluding hydrogens is 384 g/mol. The lowest BCUT2D eigenvalue weighted by atomic mass is 10.1. The molecule has 0 saturated carbocycles. The number of rotatable bonds is 6. The Bertz CT molecular complexity index is 1190. The number of nitrogens with zero attached hydrogens (tertiary/aromatic N) is 3. The summed E-state index contributed by atoms with van der Waals surface area (Å²) < 4.78 is 1.47. The molecule has 1 N–H and O–H groups in total. The number of halogens is 1. The van der Waals surface area contributed by atoms with Gasteiger partial charge in [-0.25, -0.2) is 9.50 Å². The fourth-order valence-electron chi connectivity index (χ4n) is 3.39. The van der Waals surface area contributed by atoms with Gasteiger partial charge >= 0.3 is 0 Å². The Morgan fingerprint density at radius 2 is 1.86 bits per heavy atom. The molecule has 0 aliphatic heterocycles. The molecule has 0 aliphatic rings. The van der Waals surface area contributed by atoms with Crippen LogP contribution < -0.4 is 5.56 Å². The highest BCUT2D eigenvalue weighted by Crippen LogP contribution is 2.22. The first-order valence-corrected chi connectivity index (χ1v) is 10.0. The van der Waals surface area contributed by atoms with Crippen LogP contribution in [0.5, 0.6) is 0 Å². The normalized spacial score (nSPS) is 11.4. The molecule has 6 heteroatoms. The van der Waals surface area contributed by atoms with Crippen molar-refractivity contribution in [2.45, 2.75) is 26.9 Å². The van der Waals surface area contributed by atoms with Crippen LogP contribution in [0.15, 0.2) is 65.5 Å². The van der Waals surface area contributed by atoms with Gasteiger partial charge in [0.1, 0.15) is 0 Å². The second kappa shape index (κ2) is 8.23. The van der Waals surface area contributed by atoms with Crippen molar-refractivity contribution in [2.75, 3.05) is 6.54 Å². The zero-order valence-electron chi connectivity index (χ0n) is 16.5. The molecule has 5 nitrogen and oxygen atoms in total. The number of aromatic nitrogens is 3. The zero-order valence-corrected chi connectivity index (χ0v) is 17.3. The van der Waals surface area contributed by atoms with Gasteiger partial charge in [0, 0.05) is 35.8 Å². The summed E-state index contributed by atoms with van der Waals surface area (Å²) in [7, 11) is 0. The molecule has 0 fully saturated rings. The smallest absolute Gasteiger partial charge is 0.272 e. The van der Waals surface area contributed by atoms with Crippen LogP contribution in [0.3, 0.4) is 0 Å². The number of hydrogen-bond donors (Lipinski definition) is 1. The van der Waals surface area contributed by atoms with E-state index in [1.54, 1.807) is 6.07 Å². The van der Waals surface area contributed by atoms with E-state index in [1.165, 1.54) is 15.6 Å². The van der Waals surface area contributed by atoms with Crippen LogP contribution in [0, 0.1) is 6.92 Å². The third kappa shape index (κ3) is 4.42. The molecule has 0 radical (unpaired) electrons. The lowest BCUT2D eigenvalue weighted by Gasteiger charge is -2.20. The van der Waals surface area contributed by atoms with Gasteiger partial charge in [-0.2, -0.15) is 0 Å². The van der Waals surface area contributed by atoms with Gasteiger partial charge < -0.3 is 0 Å². The Morgan fingerprint density at radius 1 is 1.07 bits per heavy atom. The van der Waals surface area contributed by atoms with Crippen molar-refractivity contribution in [1.82, 2.24) is 19.5 Å². The summed E-state index contributed by atoms with van der Waals surface area (Å²) in [6.45, 7) is 6.51. The Hall–Kier alpha value is -2.89. The molecule has 0 amide bonds. The minimum atomic E-state index is -0.121. The summed E-state index contributed by atoms with van der Waals surface area (Å²) in [5.41, 5.74) is 5.47. The van der Waals surface area contributed by atoms with Gasteiger partial charge in [-0.3, -0.25) is 14.8 Å². The molecule has 0 bridgehead atoms. The van der Waals surface area contributed by atoms with Crippen molar-refractivity contribution in [1.29, 1.82) is 0 Å². The summed E-state index contributed by atoms with van der Waals surface area (Å²) in [6.07, 6.45) is 0. The number of benzene rings is 2. The molecule has 29 heavy (non-hydrogen) atoms. The molecule has 0 atom stereocenters. The third-order valence-electron chi connectivity index (χ3n) is 5.00. The summed E-state index contributed by atoms with van der Waals surface area (Å²) in [6, 6.07) is 19.5. The first-order valence-electron chi connectivity index (χ1n) is 9.67. The number of fused-ring (bicyclic) bond motifs is 1. The van der Waals surface area contributed by atoms with Crippen molar-refractivity contribution in [3.05, 3.63) is 92.9 Å². The molecule has 2 aromatic carbocycles. The predicted molar refractivity (Wildman–Crippen MR) is 117 cm³/mol. The molecule has 0 saturated heterocycles. The molecular formula is C23H23ClN4O. The summed E-state index contributed by atoms with van der Waals surface area (Å²) >= 11 is 6.09. The molecule has 2 aromatic heterocycles. The Kier molecular flexibility index (Phi) is 5.51. The highest BCUT2D eigenvalue weighted by Gasteiger charge is 2.11. The molecule has 0 spiro atoms. The van der Waals surface area contributed by atoms with Gasteiger partial charge in [-0.1, -0.05) is 60.5 Å². The fourth-order valence-corrected chi connectivity index (χ4v) is 3.58. The minimum absolute atomic E-state index is 0.121. The van der Waals surface area contributed by atoms with Gasteiger partial charge in [-0.15, -0.1) is 0 Å². The van der Waals surface area contributed by atoms with Gasteiger partial charge in [-0.05, 0) is 31.2 Å². The van der Waals surface area contributed by atoms with Crippen LogP contribution in [-0.2, 0) is 13.1 Å². The van der Waals surface area contributed by atoms with Crippen molar-refractivity contribution in [3.63, 3.8) is 0 Å². The van der Waals surface area contributed by atoms with Gasteiger partial charge in [0.2, 0.25) is 0 Å². The molecule has 0 aliphatic carbocycles. The van der Waals surface area contributed by atoms with E-state index in [0.29, 0.717) is 17.2 Å². The van der Waals surface area contributed by atoms with E-state index < -0.39 is 0 Å². The van der Waals surface area contributed by atoms with Crippen LogP contribution in [0.4, 0.5) is 0 Å². The van der Waals surface area contributed by atoms with Crippen molar-refractivity contribution in [3.8, 4) is 11.3 Å². The topological polar surface area (TPSA) is 53.4 Å². The van der Waals surface area contributed by atoms with E-state index in [2.05, 4.69) is 48.1 Å². The van der Waals surface area contributed by atoms with Crippen LogP contribution >= 0.6 is 11.6 Å². The van der Waals surface area contributed by atoms with Gasteiger partial charge in [0.25, 0.3) is 5.56 Å². The number of aromatic amines is 1. The van der Waals surface area contributed by atoms with Gasteiger partial charge in [0.05, 0.1) is 11.4 Å². The quantitative estimate of drug-likeness (QED) is 0.506. The van der Waals surface area contributed by atoms with Crippen molar-refractivity contribution >= 4 is 17.2 Å². The minimum Gasteiger partial charge on any atom is -0.294 e. The average Bonchev–Trinajstić information content (AvgIpc) is 3.14. The fraction of sp³-hybridized carbons (Fsp3) is 0.217. The van der Waals surface area contributed by atoms with E-state index in [0.717, 1.165) is 30.0 Å². The summed E-state index contributed by atoms with van der Waals surface area (Å²) in [5.74, 6) is 0. The lowest BCUT2D eigenvalue weighted by molar-refractivity contribution is 0.268. The maximum absolute atomic E-state index is 12.6. The average molecular weight is 407 g/mol. The second-order valence-electron chi connectivity index (χ2n) is 7.25. The van der Waals surface area contributed by atoms with Crippen LogP contribution in [-0.4, -0.2) is 26.0 Å². The van der Waals surface area contributed by atoms with Crippen LogP contribution in [0.2, 0.25) is 5.02 Å². The molecule has 0 unspecified atom stereocenters. The number of nitrogens with one attached hydrogen (secondary N) is 1. The largest absolute Gasteiger partial charge is 0.294 e. The Morgan fingerprint density at radius 3 is 2.59 bits per heavy atom. The first kappa shape index (κ1) is 19.4. The van der Waals surface area contributed by atoms with Crippen LogP contribution in [0.1, 0.15) is 23.7 Å². The highest BCUT2D eigenvalue weighted by atomic mass is 35.5. The molecule has 4 rings (SSSR count). The first-order chi connectivity index (χ1) is 14.0. The molecule has 2 heterocycles. The van der Waals surface area contributed by atoms with E-state index in [9.17, 15) is 4.79 Å². The highest BCUT2D eigenvalue weighted by molar-refractivity contribution is 6.30. The van der Waals surface area contributed by atoms with E-state index in [4.69, 9.17) is 16.6 Å². The van der Waals surface area contributed by atoms with Crippen LogP contribution in [0.25, 0.3) is 16.9 Å². The predicted octanol–water partition coefficient (Wildman–Crippen LogP) is 4.67. The second-order valence-corrected chi connectivity index (χ2v) is 7.68. The lowest BCUT2D eigenvalue weighted by Crippen LogP contribution is -2.25. The molecule has 4 aromatic rings. The number of hydrogen-bond acceptors (Lipinski definition) is 3. The van der Waals surface area contributed by atoms with Crippen molar-refractivity contribution in [2.24, 2.45) is 0 Å². The monoisotopic (exact) mass is 406 g/mol. The van der Waals surface area contributed by atoms with E-state index >= 15 is 0 Å². The van der Waals surface area contributed by atoms with E-state index in [-0.39, 0.29) is 5.56 Å². The standard InChI is InChI=1S/C23H23ClN4O/c1-3-27(14-17-9-7-16(2)8-10-17)15-20-12-23(29)28-22(25-20)13-21(26-28)18-5-4-6-19(24)11-18/h4-13,26H,3,14-15H2,1-2H3. The summed E-state index contributed by atoms with van der Waals surface area (Å²) in [5, 5.41) is 3.77. The maximum atomic E-state index is 12.6. The van der Waals surface area contributed by atoms with Crippen molar-refractivity contribution < 1.29 is 0 Å².